The molecule has 0 N–H and O–H groups in total. The third kappa shape index (κ3) is 2.09. The summed E-state index contributed by atoms with van der Waals surface area (Å²) in [6.07, 6.45) is 5.28. The summed E-state index contributed by atoms with van der Waals surface area (Å²) in [5.41, 5.74) is 1.72. The molecule has 0 amide bonds. The Hall–Kier alpha value is -0.0100. The average molecular weight is 243 g/mol. The van der Waals surface area contributed by atoms with Gasteiger partial charge >= 0.3 is 0 Å². The van der Waals surface area contributed by atoms with E-state index in [9.17, 15) is 0 Å². The molecule has 0 saturated heterocycles. The highest BCUT2D eigenvalue weighted by atomic mass is 35.5. The molecule has 2 rings (SSSR count). The molecular weight excluding hydrogens is 224 g/mol. The normalized spacial score (nSPS) is 21.9. The zero-order valence-corrected chi connectivity index (χ0v) is 11.3. The fourth-order valence-electron chi connectivity index (χ4n) is 2.66. The molecule has 15 heavy (non-hydrogen) atoms. The molecule has 1 unspecified atom stereocenters. The van der Waals surface area contributed by atoms with Crippen LogP contribution in [-0.4, -0.2) is 0 Å². The summed E-state index contributed by atoms with van der Waals surface area (Å²) in [4.78, 5) is 2.79. The Morgan fingerprint density at radius 2 is 1.93 bits per heavy atom. The number of thiophene rings is 1. The topological polar surface area (TPSA) is 0 Å². The van der Waals surface area contributed by atoms with Crippen LogP contribution in [0.3, 0.4) is 0 Å². The van der Waals surface area contributed by atoms with E-state index in [1.807, 2.05) is 11.3 Å². The van der Waals surface area contributed by atoms with E-state index in [-0.39, 0.29) is 5.38 Å². The molecule has 0 nitrogen and oxygen atoms in total. The highest BCUT2D eigenvalue weighted by Gasteiger charge is 2.37. The van der Waals surface area contributed by atoms with E-state index in [2.05, 4.69) is 26.8 Å². The predicted octanol–water partition coefficient (Wildman–Crippen LogP) is 5.23. The van der Waals surface area contributed by atoms with Crippen LogP contribution in [-0.2, 0) is 0 Å². The molecule has 0 aromatic carbocycles. The molecule has 0 radical (unpaired) electrons. The maximum atomic E-state index is 6.68. The van der Waals surface area contributed by atoms with Crippen LogP contribution in [0.15, 0.2) is 6.07 Å². The Morgan fingerprint density at radius 1 is 1.33 bits per heavy atom. The fourth-order valence-corrected chi connectivity index (χ4v) is 4.38. The molecular formula is C13H19ClS. The van der Waals surface area contributed by atoms with Crippen LogP contribution < -0.4 is 0 Å². The van der Waals surface area contributed by atoms with Gasteiger partial charge in [-0.3, -0.25) is 0 Å². The van der Waals surface area contributed by atoms with Gasteiger partial charge < -0.3 is 0 Å². The second-order valence-electron chi connectivity index (χ2n) is 5.13. The van der Waals surface area contributed by atoms with E-state index in [4.69, 9.17) is 11.6 Å². The molecule has 0 bridgehead atoms. The minimum atomic E-state index is 0.221. The van der Waals surface area contributed by atoms with Crippen LogP contribution in [0.5, 0.6) is 0 Å². The zero-order chi connectivity index (χ0) is 11.1. The highest BCUT2D eigenvalue weighted by Crippen LogP contribution is 2.52. The standard InChI is InChI=1S/C13H19ClS/c1-9-8-10(2)15-11(9)12(14)13(3)6-4-5-7-13/h8,12H,4-7H2,1-3H3. The maximum absolute atomic E-state index is 6.68. The number of aryl methyl sites for hydroxylation is 2. The Balaban J connectivity index is 2.27. The summed E-state index contributed by atoms with van der Waals surface area (Å²) in [5, 5.41) is 0.221. The van der Waals surface area contributed by atoms with Crippen LogP contribution in [0.25, 0.3) is 0 Å². The van der Waals surface area contributed by atoms with Crippen LogP contribution in [0.2, 0.25) is 0 Å². The first-order valence-corrected chi connectivity index (χ1v) is 6.99. The lowest BCUT2D eigenvalue weighted by Crippen LogP contribution is -2.17. The lowest BCUT2D eigenvalue weighted by molar-refractivity contribution is 0.324. The largest absolute Gasteiger partial charge is 0.144 e. The highest BCUT2D eigenvalue weighted by molar-refractivity contribution is 7.12. The Bertz CT molecular complexity index is 347. The van der Waals surface area contributed by atoms with Crippen molar-refractivity contribution in [2.45, 2.75) is 51.8 Å². The fraction of sp³-hybridized carbons (Fsp3) is 0.692. The second-order valence-corrected chi connectivity index (χ2v) is 6.85. The average Bonchev–Trinajstić information content (AvgIpc) is 2.73. The molecule has 1 saturated carbocycles. The van der Waals surface area contributed by atoms with Crippen molar-refractivity contribution in [3.05, 3.63) is 21.4 Å². The third-order valence-corrected chi connectivity index (χ3v) is 5.76. The van der Waals surface area contributed by atoms with E-state index in [1.165, 1.54) is 41.0 Å². The maximum Gasteiger partial charge on any atom is 0.0734 e. The van der Waals surface area contributed by atoms with Gasteiger partial charge in [0, 0.05) is 9.75 Å². The number of halogens is 1. The van der Waals surface area contributed by atoms with Gasteiger partial charge in [-0.25, -0.2) is 0 Å². The number of hydrogen-bond donors (Lipinski definition) is 0. The van der Waals surface area contributed by atoms with Crippen LogP contribution in [0.1, 0.15) is 53.3 Å². The Morgan fingerprint density at radius 3 is 2.40 bits per heavy atom. The first-order valence-electron chi connectivity index (χ1n) is 5.74. The SMILES string of the molecule is Cc1cc(C)c(C(Cl)C2(C)CCCC2)s1. The van der Waals surface area contributed by atoms with Crippen molar-refractivity contribution < 1.29 is 0 Å². The molecule has 1 heterocycles. The van der Waals surface area contributed by atoms with E-state index < -0.39 is 0 Å². The molecule has 1 aromatic rings. The minimum Gasteiger partial charge on any atom is -0.144 e. The summed E-state index contributed by atoms with van der Waals surface area (Å²) in [6, 6.07) is 2.26. The molecule has 1 aliphatic carbocycles. The van der Waals surface area contributed by atoms with Crippen LogP contribution in [0.4, 0.5) is 0 Å². The molecule has 1 aliphatic rings. The number of rotatable bonds is 2. The zero-order valence-electron chi connectivity index (χ0n) is 9.77. The van der Waals surface area contributed by atoms with Gasteiger partial charge in [0.25, 0.3) is 0 Å². The van der Waals surface area contributed by atoms with Gasteiger partial charge in [0.05, 0.1) is 5.38 Å². The van der Waals surface area contributed by atoms with Crippen molar-refractivity contribution in [3.63, 3.8) is 0 Å². The summed E-state index contributed by atoms with van der Waals surface area (Å²) < 4.78 is 0. The number of alkyl halides is 1. The summed E-state index contributed by atoms with van der Waals surface area (Å²) in [7, 11) is 0. The monoisotopic (exact) mass is 242 g/mol. The van der Waals surface area contributed by atoms with Crippen molar-refractivity contribution in [1.29, 1.82) is 0 Å². The van der Waals surface area contributed by atoms with E-state index in [0.29, 0.717) is 5.41 Å². The van der Waals surface area contributed by atoms with Crippen LogP contribution >= 0.6 is 22.9 Å². The Labute approximate surface area is 102 Å². The molecule has 0 spiro atoms. The van der Waals surface area contributed by atoms with Gasteiger partial charge in [-0.15, -0.1) is 22.9 Å². The van der Waals surface area contributed by atoms with Gasteiger partial charge in [0.2, 0.25) is 0 Å². The quantitative estimate of drug-likeness (QED) is 0.624. The lowest BCUT2D eigenvalue weighted by Gasteiger charge is -2.29. The Kier molecular flexibility index (Phi) is 3.14. The second kappa shape index (κ2) is 4.10. The third-order valence-electron chi connectivity index (χ3n) is 3.67. The molecule has 0 aliphatic heterocycles. The van der Waals surface area contributed by atoms with Gasteiger partial charge in [0.1, 0.15) is 0 Å². The van der Waals surface area contributed by atoms with Crippen LogP contribution in [0, 0.1) is 19.3 Å². The van der Waals surface area contributed by atoms with E-state index in [1.54, 1.807) is 0 Å². The van der Waals surface area contributed by atoms with E-state index in [0.717, 1.165) is 0 Å². The van der Waals surface area contributed by atoms with Gasteiger partial charge in [0.15, 0.2) is 0 Å². The molecule has 2 heteroatoms. The minimum absolute atomic E-state index is 0.221. The molecule has 1 atom stereocenters. The molecule has 1 fully saturated rings. The summed E-state index contributed by atoms with van der Waals surface area (Å²) in [6.45, 7) is 6.71. The number of hydrogen-bond acceptors (Lipinski definition) is 1. The first-order chi connectivity index (χ1) is 7.03. The smallest absolute Gasteiger partial charge is 0.0734 e. The van der Waals surface area contributed by atoms with Gasteiger partial charge in [-0.2, -0.15) is 0 Å². The van der Waals surface area contributed by atoms with Crippen molar-refractivity contribution >= 4 is 22.9 Å². The van der Waals surface area contributed by atoms with Crippen molar-refractivity contribution in [2.75, 3.05) is 0 Å². The van der Waals surface area contributed by atoms with Crippen molar-refractivity contribution in [3.8, 4) is 0 Å². The predicted molar refractivity (Wildman–Crippen MR) is 69.0 cm³/mol. The van der Waals surface area contributed by atoms with Gasteiger partial charge in [-0.1, -0.05) is 19.8 Å². The summed E-state index contributed by atoms with van der Waals surface area (Å²) in [5.74, 6) is 0. The van der Waals surface area contributed by atoms with Gasteiger partial charge in [-0.05, 0) is 43.7 Å². The van der Waals surface area contributed by atoms with Crippen molar-refractivity contribution in [2.24, 2.45) is 5.41 Å². The summed E-state index contributed by atoms with van der Waals surface area (Å²) >= 11 is 8.56. The van der Waals surface area contributed by atoms with Crippen molar-refractivity contribution in [1.82, 2.24) is 0 Å². The molecule has 1 aromatic heterocycles. The van der Waals surface area contributed by atoms with E-state index >= 15 is 0 Å². The molecule has 84 valence electrons. The lowest BCUT2D eigenvalue weighted by atomic mass is 9.83. The first kappa shape index (κ1) is 11.5.